The maximum absolute atomic E-state index is 12.4. The van der Waals surface area contributed by atoms with Crippen molar-refractivity contribution < 1.29 is 19.1 Å². The summed E-state index contributed by atoms with van der Waals surface area (Å²) < 4.78 is 11.6. The molecule has 4 nitrogen and oxygen atoms in total. The van der Waals surface area contributed by atoms with Gasteiger partial charge in [-0.1, -0.05) is 29.8 Å². The molecule has 2 aromatic carbocycles. The molecule has 0 saturated carbocycles. The lowest BCUT2D eigenvalue weighted by molar-refractivity contribution is -0.112. The molecule has 2 aromatic rings. The van der Waals surface area contributed by atoms with Gasteiger partial charge < -0.3 is 9.47 Å². The zero-order chi connectivity index (χ0) is 17.6. The van der Waals surface area contributed by atoms with E-state index in [1.54, 1.807) is 12.1 Å². The normalized spacial score (nSPS) is 18.7. The molecule has 25 heavy (non-hydrogen) atoms. The number of carbonyl (C=O) groups excluding carboxylic acids is 2. The van der Waals surface area contributed by atoms with Crippen LogP contribution in [0, 0.1) is 6.92 Å². The number of aryl methyl sites for hydroxylation is 1. The van der Waals surface area contributed by atoms with Gasteiger partial charge in [-0.15, -0.1) is 0 Å². The lowest BCUT2D eigenvalue weighted by Crippen LogP contribution is -2.22. The maximum atomic E-state index is 12.4. The molecule has 0 saturated heterocycles. The van der Waals surface area contributed by atoms with E-state index in [0.717, 1.165) is 5.56 Å². The fourth-order valence-electron chi connectivity index (χ4n) is 3.23. The predicted octanol–water partition coefficient (Wildman–Crippen LogP) is 3.86. The van der Waals surface area contributed by atoms with Crippen molar-refractivity contribution in [1.82, 2.24) is 0 Å². The van der Waals surface area contributed by atoms with Crippen LogP contribution in [0.3, 0.4) is 0 Å². The van der Waals surface area contributed by atoms with Crippen LogP contribution in [0.25, 0.3) is 5.76 Å². The molecule has 2 aliphatic rings. The molecule has 0 bridgehead atoms. The average molecular weight is 334 g/mol. The van der Waals surface area contributed by atoms with E-state index < -0.39 is 11.6 Å². The third kappa shape index (κ3) is 2.74. The van der Waals surface area contributed by atoms with Gasteiger partial charge in [0.2, 0.25) is 11.6 Å². The van der Waals surface area contributed by atoms with Gasteiger partial charge in [-0.05, 0) is 37.6 Å². The van der Waals surface area contributed by atoms with Crippen LogP contribution in [0.1, 0.15) is 40.4 Å². The molecule has 4 rings (SSSR count). The molecule has 1 aliphatic carbocycles. The van der Waals surface area contributed by atoms with Gasteiger partial charge in [0.05, 0.1) is 0 Å². The molecule has 1 unspecified atom stereocenters. The molecular formula is C21H18O4. The first-order valence-electron chi connectivity index (χ1n) is 8.34. The van der Waals surface area contributed by atoms with E-state index >= 15 is 0 Å². The van der Waals surface area contributed by atoms with Crippen LogP contribution in [-0.4, -0.2) is 17.7 Å². The summed E-state index contributed by atoms with van der Waals surface area (Å²) in [7, 11) is 0. The number of ether oxygens (including phenoxy) is 2. The Balaban J connectivity index is 1.61. The van der Waals surface area contributed by atoms with E-state index in [4.69, 9.17) is 9.47 Å². The Hall–Kier alpha value is -2.88. The largest absolute Gasteiger partial charge is 0.489 e. The van der Waals surface area contributed by atoms with E-state index in [1.165, 1.54) is 5.56 Å². The highest BCUT2D eigenvalue weighted by atomic mass is 16.5. The van der Waals surface area contributed by atoms with Crippen LogP contribution in [0.5, 0.6) is 5.75 Å². The number of hydrogen-bond acceptors (Lipinski definition) is 4. The monoisotopic (exact) mass is 334 g/mol. The van der Waals surface area contributed by atoms with Crippen LogP contribution in [0.2, 0.25) is 0 Å². The highest BCUT2D eigenvalue weighted by Crippen LogP contribution is 2.39. The van der Waals surface area contributed by atoms with Gasteiger partial charge in [0.1, 0.15) is 24.2 Å². The van der Waals surface area contributed by atoms with Gasteiger partial charge in [-0.2, -0.15) is 0 Å². The van der Waals surface area contributed by atoms with E-state index in [2.05, 4.69) is 0 Å². The summed E-state index contributed by atoms with van der Waals surface area (Å²) in [6, 6.07) is 13.3. The first-order valence-corrected chi connectivity index (χ1v) is 8.34. The zero-order valence-electron chi connectivity index (χ0n) is 14.2. The highest BCUT2D eigenvalue weighted by molar-refractivity contribution is 6.52. The summed E-state index contributed by atoms with van der Waals surface area (Å²) in [6.07, 6.45) is 0.413. The van der Waals surface area contributed by atoms with Crippen molar-refractivity contribution >= 4 is 17.3 Å². The quantitative estimate of drug-likeness (QED) is 0.800. The van der Waals surface area contributed by atoms with Gasteiger partial charge in [-0.25, -0.2) is 0 Å². The number of Topliss-reactive ketones (excluding diaryl/α,β-unsaturated/α-hetero) is 2. The summed E-state index contributed by atoms with van der Waals surface area (Å²) in [5, 5.41) is 0. The maximum Gasteiger partial charge on any atom is 0.234 e. The summed E-state index contributed by atoms with van der Waals surface area (Å²) in [4.78, 5) is 24.7. The lowest BCUT2D eigenvalue weighted by Gasteiger charge is -2.17. The van der Waals surface area contributed by atoms with Crippen molar-refractivity contribution in [2.75, 3.05) is 0 Å². The summed E-state index contributed by atoms with van der Waals surface area (Å²) in [5.74, 6) is 0.183. The second kappa shape index (κ2) is 5.88. The van der Waals surface area contributed by atoms with Crippen molar-refractivity contribution in [2.45, 2.75) is 33.0 Å². The minimum Gasteiger partial charge on any atom is -0.489 e. The molecule has 0 spiro atoms. The van der Waals surface area contributed by atoms with Gasteiger partial charge in [0.15, 0.2) is 0 Å². The Labute approximate surface area is 146 Å². The minimum absolute atomic E-state index is 0.0786. The number of benzene rings is 2. The van der Waals surface area contributed by atoms with Crippen LogP contribution in [-0.2, 0) is 16.1 Å². The number of fused-ring (bicyclic) bond motifs is 2. The summed E-state index contributed by atoms with van der Waals surface area (Å²) in [6.45, 7) is 4.34. The Kier molecular flexibility index (Phi) is 3.68. The van der Waals surface area contributed by atoms with Crippen molar-refractivity contribution in [3.05, 3.63) is 70.3 Å². The van der Waals surface area contributed by atoms with E-state index in [1.807, 2.05) is 44.2 Å². The molecule has 126 valence electrons. The molecule has 0 fully saturated rings. The molecule has 0 N–H and O–H groups in total. The van der Waals surface area contributed by atoms with Crippen LogP contribution >= 0.6 is 0 Å². The molecule has 0 radical (unpaired) electrons. The molecule has 0 amide bonds. The molecule has 1 aliphatic heterocycles. The first kappa shape index (κ1) is 15.6. The molecular weight excluding hydrogens is 316 g/mol. The van der Waals surface area contributed by atoms with E-state index in [0.29, 0.717) is 41.2 Å². The third-order valence-electron chi connectivity index (χ3n) is 4.57. The summed E-state index contributed by atoms with van der Waals surface area (Å²) >= 11 is 0. The topological polar surface area (TPSA) is 52.6 Å². The minimum atomic E-state index is -0.479. The van der Waals surface area contributed by atoms with Crippen molar-refractivity contribution in [3.63, 3.8) is 0 Å². The van der Waals surface area contributed by atoms with Gasteiger partial charge in [0, 0.05) is 23.1 Å². The highest BCUT2D eigenvalue weighted by Gasteiger charge is 2.38. The summed E-state index contributed by atoms with van der Waals surface area (Å²) in [5.41, 5.74) is 3.78. The van der Waals surface area contributed by atoms with Crippen LogP contribution in [0.4, 0.5) is 0 Å². The second-order valence-corrected chi connectivity index (χ2v) is 6.58. The standard InChI is InChI=1S/C21H18O4/c1-12-3-5-14(6-4-12)11-24-15-7-8-16-17(10-15)19(22)20(23)18-9-13(2)25-21(16)18/h3-8,10,13H,9,11H2,1-2H3. The number of rotatable bonds is 3. The Morgan fingerprint density at radius 3 is 2.56 bits per heavy atom. The predicted molar refractivity (Wildman–Crippen MR) is 93.4 cm³/mol. The average Bonchev–Trinajstić information content (AvgIpc) is 3.01. The number of ketones is 2. The smallest absolute Gasteiger partial charge is 0.234 e. The van der Waals surface area contributed by atoms with Gasteiger partial charge >= 0.3 is 0 Å². The lowest BCUT2D eigenvalue weighted by atomic mass is 9.87. The molecule has 4 heteroatoms. The third-order valence-corrected chi connectivity index (χ3v) is 4.57. The fraction of sp³-hybridized carbons (Fsp3) is 0.238. The van der Waals surface area contributed by atoms with E-state index in [-0.39, 0.29) is 6.10 Å². The van der Waals surface area contributed by atoms with Crippen molar-refractivity contribution in [3.8, 4) is 5.75 Å². The Morgan fingerprint density at radius 2 is 1.80 bits per heavy atom. The van der Waals surface area contributed by atoms with Gasteiger partial charge in [-0.3, -0.25) is 9.59 Å². The Bertz CT molecular complexity index is 906. The Morgan fingerprint density at radius 1 is 1.04 bits per heavy atom. The van der Waals surface area contributed by atoms with Crippen molar-refractivity contribution in [2.24, 2.45) is 0 Å². The second-order valence-electron chi connectivity index (χ2n) is 6.58. The van der Waals surface area contributed by atoms with Gasteiger partial charge in [0.25, 0.3) is 0 Å². The van der Waals surface area contributed by atoms with Crippen molar-refractivity contribution in [1.29, 1.82) is 0 Å². The number of hydrogen-bond donors (Lipinski definition) is 0. The fourth-order valence-corrected chi connectivity index (χ4v) is 3.23. The molecule has 1 heterocycles. The molecule has 0 aromatic heterocycles. The first-order chi connectivity index (χ1) is 12.0. The zero-order valence-corrected chi connectivity index (χ0v) is 14.2. The van der Waals surface area contributed by atoms with Crippen LogP contribution < -0.4 is 4.74 Å². The number of carbonyl (C=O) groups is 2. The molecule has 1 atom stereocenters. The van der Waals surface area contributed by atoms with E-state index in [9.17, 15) is 9.59 Å². The van der Waals surface area contributed by atoms with Crippen LogP contribution in [0.15, 0.2) is 48.0 Å². The SMILES string of the molecule is Cc1ccc(COc2ccc3c(c2)C(=O)C(=O)C2=C3OC(C)C2)cc1.